The van der Waals surface area contributed by atoms with E-state index in [0.717, 1.165) is 12.4 Å². The van der Waals surface area contributed by atoms with E-state index in [4.69, 9.17) is 30.5 Å². The van der Waals surface area contributed by atoms with Gasteiger partial charge in [-0.1, -0.05) is 11.6 Å². The van der Waals surface area contributed by atoms with Crippen molar-refractivity contribution in [2.75, 3.05) is 28.4 Å². The molecule has 134 valence electrons. The average Bonchev–Trinajstić information content (AvgIpc) is 2.59. The minimum absolute atomic E-state index is 0.0319. The standard InChI is InChI=1S/C17H18ClNO6/c1-9-6-11(22-2)16(24-4)17(25-5)13(9)15(20)14-10(18)7-19(21)8-12(14)23-3/h6-8H,1-5H3. The van der Waals surface area contributed by atoms with Crippen molar-refractivity contribution >= 4 is 17.4 Å². The van der Waals surface area contributed by atoms with Crippen LogP contribution in [0.25, 0.3) is 0 Å². The molecule has 1 aromatic carbocycles. The second kappa shape index (κ2) is 7.48. The predicted octanol–water partition coefficient (Wildman–Crippen LogP) is 2.55. The van der Waals surface area contributed by atoms with Gasteiger partial charge in [0.15, 0.2) is 23.4 Å². The molecule has 0 aliphatic rings. The Balaban J connectivity index is 2.77. The number of aromatic nitrogens is 1. The van der Waals surface area contributed by atoms with Gasteiger partial charge in [-0.2, -0.15) is 4.73 Å². The number of aryl methyl sites for hydroxylation is 1. The van der Waals surface area contributed by atoms with Gasteiger partial charge in [0.25, 0.3) is 0 Å². The van der Waals surface area contributed by atoms with Crippen molar-refractivity contribution < 1.29 is 28.5 Å². The monoisotopic (exact) mass is 367 g/mol. The Kier molecular flexibility index (Phi) is 5.58. The zero-order valence-corrected chi connectivity index (χ0v) is 15.3. The molecule has 0 fully saturated rings. The van der Waals surface area contributed by atoms with Crippen LogP contribution in [0.15, 0.2) is 18.5 Å². The molecule has 0 aliphatic heterocycles. The van der Waals surface area contributed by atoms with E-state index in [-0.39, 0.29) is 33.4 Å². The number of pyridine rings is 1. The van der Waals surface area contributed by atoms with Crippen LogP contribution in [-0.2, 0) is 0 Å². The number of halogens is 1. The highest BCUT2D eigenvalue weighted by Gasteiger charge is 2.29. The molecular weight excluding hydrogens is 350 g/mol. The summed E-state index contributed by atoms with van der Waals surface area (Å²) in [6.45, 7) is 1.73. The maximum Gasteiger partial charge on any atom is 0.223 e. The topological polar surface area (TPSA) is 80.9 Å². The van der Waals surface area contributed by atoms with E-state index in [1.807, 2.05) is 0 Å². The van der Waals surface area contributed by atoms with Crippen LogP contribution < -0.4 is 23.7 Å². The normalized spacial score (nSPS) is 10.3. The quantitative estimate of drug-likeness (QED) is 0.443. The molecule has 0 spiro atoms. The van der Waals surface area contributed by atoms with Crippen molar-refractivity contribution in [3.63, 3.8) is 0 Å². The van der Waals surface area contributed by atoms with E-state index < -0.39 is 5.78 Å². The molecule has 2 rings (SSSR count). The lowest BCUT2D eigenvalue weighted by atomic mass is 9.97. The van der Waals surface area contributed by atoms with Gasteiger partial charge in [-0.3, -0.25) is 4.79 Å². The van der Waals surface area contributed by atoms with Crippen LogP contribution in [-0.4, -0.2) is 34.2 Å². The fourth-order valence-electron chi connectivity index (χ4n) is 2.57. The molecule has 0 bridgehead atoms. The fourth-order valence-corrected chi connectivity index (χ4v) is 2.85. The summed E-state index contributed by atoms with van der Waals surface area (Å²) < 4.78 is 21.6. The highest BCUT2D eigenvalue weighted by atomic mass is 35.5. The maximum atomic E-state index is 13.2. The highest BCUT2D eigenvalue weighted by molar-refractivity contribution is 6.35. The van der Waals surface area contributed by atoms with Crippen molar-refractivity contribution in [1.29, 1.82) is 0 Å². The number of ketones is 1. The molecule has 0 saturated carbocycles. The maximum absolute atomic E-state index is 13.2. The smallest absolute Gasteiger partial charge is 0.223 e. The lowest BCUT2D eigenvalue weighted by Gasteiger charge is -2.18. The molecule has 0 unspecified atom stereocenters. The van der Waals surface area contributed by atoms with Crippen molar-refractivity contribution in [3.05, 3.63) is 45.4 Å². The zero-order chi connectivity index (χ0) is 18.7. The molecule has 1 aromatic heterocycles. The molecular formula is C17H18ClNO6. The Morgan fingerprint density at radius 3 is 2.08 bits per heavy atom. The SMILES string of the molecule is COc1cc(C)c(C(=O)c2c(Cl)c[n+]([O-])cc2OC)c(OC)c1OC. The van der Waals surface area contributed by atoms with E-state index in [1.165, 1.54) is 28.4 Å². The second-order valence-corrected chi connectivity index (χ2v) is 5.48. The number of carbonyl (C=O) groups excluding carboxylic acids is 1. The van der Waals surface area contributed by atoms with Crippen LogP contribution in [0.4, 0.5) is 0 Å². The Labute approximate surface area is 150 Å². The average molecular weight is 368 g/mol. The largest absolute Gasteiger partial charge is 0.619 e. The summed E-state index contributed by atoms with van der Waals surface area (Å²) in [7, 11) is 5.70. The Morgan fingerprint density at radius 2 is 1.56 bits per heavy atom. The van der Waals surface area contributed by atoms with Gasteiger partial charge in [-0.05, 0) is 18.6 Å². The molecule has 0 atom stereocenters. The predicted molar refractivity (Wildman–Crippen MR) is 91.2 cm³/mol. The van der Waals surface area contributed by atoms with Gasteiger partial charge in [0.1, 0.15) is 5.02 Å². The van der Waals surface area contributed by atoms with Crippen LogP contribution in [0.5, 0.6) is 23.0 Å². The number of nitrogens with zero attached hydrogens (tertiary/aromatic N) is 1. The molecule has 7 nitrogen and oxygen atoms in total. The molecule has 0 amide bonds. The van der Waals surface area contributed by atoms with Crippen molar-refractivity contribution in [2.45, 2.75) is 6.92 Å². The summed E-state index contributed by atoms with van der Waals surface area (Å²) in [6, 6.07) is 1.66. The van der Waals surface area contributed by atoms with Crippen LogP contribution in [0.1, 0.15) is 21.5 Å². The third-order valence-electron chi connectivity index (χ3n) is 3.67. The van der Waals surface area contributed by atoms with Crippen LogP contribution in [0, 0.1) is 12.1 Å². The number of hydrogen-bond acceptors (Lipinski definition) is 6. The zero-order valence-electron chi connectivity index (χ0n) is 14.5. The van der Waals surface area contributed by atoms with Crippen molar-refractivity contribution in [3.8, 4) is 23.0 Å². The summed E-state index contributed by atoms with van der Waals surface area (Å²) in [5, 5.41) is 11.5. The lowest BCUT2D eigenvalue weighted by Crippen LogP contribution is -2.26. The summed E-state index contributed by atoms with van der Waals surface area (Å²) >= 11 is 6.12. The van der Waals surface area contributed by atoms with E-state index in [0.29, 0.717) is 16.0 Å². The van der Waals surface area contributed by atoms with E-state index in [2.05, 4.69) is 0 Å². The van der Waals surface area contributed by atoms with Crippen LogP contribution in [0.3, 0.4) is 0 Å². The molecule has 0 saturated heterocycles. The lowest BCUT2D eigenvalue weighted by molar-refractivity contribution is -0.605. The Bertz CT molecular complexity index is 822. The number of benzene rings is 1. The van der Waals surface area contributed by atoms with Gasteiger partial charge in [-0.25, -0.2) is 0 Å². The molecule has 0 N–H and O–H groups in total. The van der Waals surface area contributed by atoms with Gasteiger partial charge in [0.2, 0.25) is 17.7 Å². The minimum atomic E-state index is -0.460. The van der Waals surface area contributed by atoms with Gasteiger partial charge >= 0.3 is 0 Å². The number of hydrogen-bond donors (Lipinski definition) is 0. The molecule has 25 heavy (non-hydrogen) atoms. The third-order valence-corrected chi connectivity index (χ3v) is 3.96. The van der Waals surface area contributed by atoms with Gasteiger partial charge in [-0.15, -0.1) is 0 Å². The first kappa shape index (κ1) is 18.7. The Hall–Kier alpha value is -2.67. The number of rotatable bonds is 6. The van der Waals surface area contributed by atoms with E-state index >= 15 is 0 Å². The van der Waals surface area contributed by atoms with Crippen LogP contribution >= 0.6 is 11.6 Å². The van der Waals surface area contributed by atoms with Gasteiger partial charge in [0, 0.05) is 0 Å². The number of ether oxygens (including phenoxy) is 4. The summed E-state index contributed by atoms with van der Waals surface area (Å²) in [5.74, 6) is 0.517. The van der Waals surface area contributed by atoms with Crippen molar-refractivity contribution in [2.24, 2.45) is 0 Å². The molecule has 8 heteroatoms. The Morgan fingerprint density at radius 1 is 0.960 bits per heavy atom. The first-order valence-electron chi connectivity index (χ1n) is 7.20. The fraction of sp³-hybridized carbons (Fsp3) is 0.294. The number of methoxy groups -OCH3 is 4. The third kappa shape index (κ3) is 3.28. The van der Waals surface area contributed by atoms with Gasteiger partial charge in [0.05, 0.1) is 39.6 Å². The van der Waals surface area contributed by atoms with E-state index in [1.54, 1.807) is 13.0 Å². The summed E-state index contributed by atoms with van der Waals surface area (Å²) in [4.78, 5) is 13.2. The number of carbonyl (C=O) groups is 1. The minimum Gasteiger partial charge on any atom is -0.619 e. The molecule has 1 heterocycles. The highest BCUT2D eigenvalue weighted by Crippen LogP contribution is 2.43. The molecule has 2 aromatic rings. The van der Waals surface area contributed by atoms with Crippen molar-refractivity contribution in [1.82, 2.24) is 0 Å². The summed E-state index contributed by atoms with van der Waals surface area (Å²) in [5.41, 5.74) is 0.894. The first-order chi connectivity index (χ1) is 11.9. The second-order valence-electron chi connectivity index (χ2n) is 5.08. The molecule has 0 aliphatic carbocycles. The van der Waals surface area contributed by atoms with Crippen LogP contribution in [0.2, 0.25) is 5.02 Å². The first-order valence-corrected chi connectivity index (χ1v) is 7.57. The molecule has 0 radical (unpaired) electrons. The summed E-state index contributed by atoms with van der Waals surface area (Å²) in [6.07, 6.45) is 2.21. The van der Waals surface area contributed by atoms with E-state index in [9.17, 15) is 10.0 Å². The van der Waals surface area contributed by atoms with Gasteiger partial charge < -0.3 is 24.2 Å².